The SMILES string of the molecule is CO[C@H]1C[C@H](O[C@@H]2[C@H](C)O[C@@H](O[C@H]3[C@@H](OC)C[C@H](O[C@H]4CC[C@@]5(C)C(=CC[C@]6(O)[C@@H]5C[C@@H](OC(=O)C=Cc5ccccc5)[C@@]5(C)[C@]6(O)CC[C@@]5(O)C(C)=O)C4)O[C@@H]3C)C[C@@H]2OC)O[C@H](C)[C@H]1O. The van der Waals surface area contributed by atoms with E-state index < -0.39 is 113 Å². The third-order valence-electron chi connectivity index (χ3n) is 17.4. The Morgan fingerprint density at radius 1 is 0.746 bits per heavy atom. The second kappa shape index (κ2) is 19.5. The van der Waals surface area contributed by atoms with Crippen molar-refractivity contribution in [2.75, 3.05) is 21.3 Å². The van der Waals surface area contributed by atoms with Crippen LogP contribution in [0.3, 0.4) is 0 Å². The largest absolute Gasteiger partial charge is 0.458 e. The van der Waals surface area contributed by atoms with Crippen LogP contribution in [0.5, 0.6) is 0 Å². The molecule has 1 aromatic carbocycles. The van der Waals surface area contributed by atoms with E-state index in [1.165, 1.54) is 13.0 Å². The molecule has 0 amide bonds. The molecule has 374 valence electrons. The lowest BCUT2D eigenvalue weighted by molar-refractivity contribution is -0.338. The highest BCUT2D eigenvalue weighted by molar-refractivity contribution is 5.88. The van der Waals surface area contributed by atoms with Crippen LogP contribution < -0.4 is 0 Å². The van der Waals surface area contributed by atoms with E-state index in [9.17, 15) is 30.0 Å². The number of carbonyl (C=O) groups is 2. The molecule has 8 rings (SSSR count). The van der Waals surface area contributed by atoms with E-state index in [0.29, 0.717) is 38.5 Å². The van der Waals surface area contributed by atoms with Gasteiger partial charge in [0, 0.05) is 52.6 Å². The Labute approximate surface area is 394 Å². The van der Waals surface area contributed by atoms with Crippen molar-refractivity contribution in [2.45, 2.75) is 209 Å². The highest BCUT2D eigenvalue weighted by Gasteiger charge is 2.81. The maximum absolute atomic E-state index is 13.6. The second-order valence-corrected chi connectivity index (χ2v) is 20.7. The van der Waals surface area contributed by atoms with Crippen LogP contribution in [0.1, 0.15) is 111 Å². The maximum Gasteiger partial charge on any atom is 0.331 e. The molecule has 16 heteroatoms. The van der Waals surface area contributed by atoms with E-state index in [2.05, 4.69) is 6.92 Å². The van der Waals surface area contributed by atoms with Gasteiger partial charge in [-0.05, 0) is 96.6 Å². The molecule has 67 heavy (non-hydrogen) atoms. The van der Waals surface area contributed by atoms with Gasteiger partial charge >= 0.3 is 5.97 Å². The zero-order valence-corrected chi connectivity index (χ0v) is 40.5. The number of esters is 1. The molecule has 6 fully saturated rings. The number of hydrogen-bond acceptors (Lipinski definition) is 16. The van der Waals surface area contributed by atoms with E-state index in [1.807, 2.05) is 50.3 Å². The summed E-state index contributed by atoms with van der Waals surface area (Å²) in [5.41, 5.74) is -6.17. The smallest absolute Gasteiger partial charge is 0.331 e. The van der Waals surface area contributed by atoms with E-state index in [1.54, 1.807) is 41.3 Å². The molecule has 20 atom stereocenters. The van der Waals surface area contributed by atoms with E-state index >= 15 is 0 Å². The molecule has 7 aliphatic rings. The maximum atomic E-state index is 13.6. The Bertz CT molecular complexity index is 1980. The van der Waals surface area contributed by atoms with Crippen molar-refractivity contribution in [3.63, 3.8) is 0 Å². The van der Waals surface area contributed by atoms with E-state index in [4.69, 9.17) is 47.4 Å². The zero-order valence-electron chi connectivity index (χ0n) is 40.5. The lowest BCUT2D eigenvalue weighted by Gasteiger charge is -2.67. The van der Waals surface area contributed by atoms with Crippen molar-refractivity contribution in [1.82, 2.24) is 0 Å². The first-order chi connectivity index (χ1) is 31.7. The molecule has 4 aliphatic carbocycles. The van der Waals surface area contributed by atoms with Crippen LogP contribution in [0.4, 0.5) is 0 Å². The monoisotopic (exact) mass is 942 g/mol. The number of fused-ring (bicyclic) bond motifs is 5. The fourth-order valence-electron chi connectivity index (χ4n) is 13.3. The van der Waals surface area contributed by atoms with Gasteiger partial charge in [0.2, 0.25) is 0 Å². The van der Waals surface area contributed by atoms with Crippen molar-refractivity contribution in [3.8, 4) is 0 Å². The first kappa shape index (κ1) is 50.7. The first-order valence-corrected chi connectivity index (χ1v) is 24.3. The van der Waals surface area contributed by atoms with Crippen molar-refractivity contribution in [1.29, 1.82) is 0 Å². The molecule has 3 saturated carbocycles. The van der Waals surface area contributed by atoms with Crippen LogP contribution in [0.25, 0.3) is 6.08 Å². The van der Waals surface area contributed by atoms with Gasteiger partial charge in [0.25, 0.3) is 0 Å². The normalized spacial score (nSPS) is 47.7. The predicted molar refractivity (Wildman–Crippen MR) is 241 cm³/mol. The highest BCUT2D eigenvalue weighted by atomic mass is 16.7. The summed E-state index contributed by atoms with van der Waals surface area (Å²) in [6.45, 7) is 10.6. The molecule has 0 aromatic heterocycles. The summed E-state index contributed by atoms with van der Waals surface area (Å²) in [6.07, 6.45) is 0.686. The van der Waals surface area contributed by atoms with Crippen LogP contribution in [-0.4, -0.2) is 156 Å². The Hall–Kier alpha value is -2.68. The molecule has 0 radical (unpaired) electrons. The molecule has 3 heterocycles. The predicted octanol–water partition coefficient (Wildman–Crippen LogP) is 4.70. The number of aliphatic hydroxyl groups is 4. The summed E-state index contributed by atoms with van der Waals surface area (Å²) in [4.78, 5) is 26.9. The lowest BCUT2D eigenvalue weighted by Crippen LogP contribution is -2.78. The Kier molecular flexibility index (Phi) is 14.8. The summed E-state index contributed by atoms with van der Waals surface area (Å²) < 4.78 is 62.2. The molecular formula is C51H74O16. The van der Waals surface area contributed by atoms with Crippen LogP contribution in [-0.2, 0) is 57.0 Å². The zero-order chi connectivity index (χ0) is 48.3. The number of methoxy groups -OCH3 is 3. The minimum atomic E-state index is -2.04. The third kappa shape index (κ3) is 8.82. The number of benzene rings is 1. The van der Waals surface area contributed by atoms with Gasteiger partial charge < -0.3 is 67.8 Å². The molecule has 1 aromatic rings. The summed E-state index contributed by atoms with van der Waals surface area (Å²) in [7, 11) is 4.84. The number of hydrogen-bond donors (Lipinski definition) is 4. The van der Waals surface area contributed by atoms with Crippen molar-refractivity contribution < 1.29 is 77.4 Å². The number of carbonyl (C=O) groups excluding carboxylic acids is 2. The number of Topliss-reactive ketones (excluding diaryl/α,β-unsaturated/α-hetero) is 1. The van der Waals surface area contributed by atoms with Crippen molar-refractivity contribution >= 4 is 17.8 Å². The fraction of sp³-hybridized carbons (Fsp3) is 0.765. The molecular weight excluding hydrogens is 869 g/mol. The minimum absolute atomic E-state index is 0.0425. The van der Waals surface area contributed by atoms with Crippen molar-refractivity contribution in [2.24, 2.45) is 16.7 Å². The summed E-state index contributed by atoms with van der Waals surface area (Å²) in [6, 6.07) is 9.31. The first-order valence-electron chi connectivity index (χ1n) is 24.3. The molecule has 0 unspecified atom stereocenters. The summed E-state index contributed by atoms with van der Waals surface area (Å²) in [5.74, 6) is -1.78. The number of ketones is 1. The van der Waals surface area contributed by atoms with Crippen LogP contribution in [0, 0.1) is 16.7 Å². The summed E-state index contributed by atoms with van der Waals surface area (Å²) >= 11 is 0. The van der Waals surface area contributed by atoms with Gasteiger partial charge in [0.1, 0.15) is 41.2 Å². The highest BCUT2D eigenvalue weighted by Crippen LogP contribution is 2.71. The summed E-state index contributed by atoms with van der Waals surface area (Å²) in [5, 5.41) is 48.4. The quantitative estimate of drug-likeness (QED) is 0.120. The van der Waals surface area contributed by atoms with Gasteiger partial charge in [0.05, 0.1) is 48.1 Å². The third-order valence-corrected chi connectivity index (χ3v) is 17.4. The minimum Gasteiger partial charge on any atom is -0.458 e. The average molecular weight is 943 g/mol. The number of rotatable bonds is 13. The van der Waals surface area contributed by atoms with Crippen LogP contribution in [0.15, 0.2) is 48.1 Å². The van der Waals surface area contributed by atoms with Gasteiger partial charge in [-0.2, -0.15) is 0 Å². The number of aliphatic hydroxyl groups excluding tert-OH is 1. The Balaban J connectivity index is 0.922. The van der Waals surface area contributed by atoms with E-state index in [-0.39, 0.29) is 44.0 Å². The standard InChI is InChI=1S/C51H74O16/c1-28-44(54)35(58-7)24-42(61-28)66-46-30(3)63-43(26-37(46)60-9)67-45-29(2)62-41(25-36(45)59-8)64-34-18-19-47(5)33(23-34)17-20-50(56)38(47)27-39(65-40(53)16-15-32-13-11-10-12-14-32)48(6)49(55,31(4)52)21-22-51(48,50)57/h10-17,28-30,34-39,41-46,54-57H,18-27H2,1-9H3/t28-,29-,30+,34+,35+,36+,37+,38-,39-,41+,42+,43+,44-,45-,46-,47+,48-,49-,50+,51-/m1/s1. The average Bonchev–Trinajstić information content (AvgIpc) is 3.53. The molecule has 0 bridgehead atoms. The lowest BCUT2D eigenvalue weighted by atomic mass is 9.42. The number of ether oxygens (including phenoxy) is 10. The fourth-order valence-corrected chi connectivity index (χ4v) is 13.3. The van der Waals surface area contributed by atoms with Gasteiger partial charge in [-0.3, -0.25) is 4.79 Å². The second-order valence-electron chi connectivity index (χ2n) is 20.7. The molecule has 4 N–H and O–H groups in total. The molecule has 3 aliphatic heterocycles. The molecule has 16 nitrogen and oxygen atoms in total. The topological polar surface area (TPSA) is 207 Å². The van der Waals surface area contributed by atoms with E-state index in [0.717, 1.165) is 11.1 Å². The van der Waals surface area contributed by atoms with Crippen molar-refractivity contribution in [3.05, 3.63) is 53.6 Å². The Morgan fingerprint density at radius 2 is 1.31 bits per heavy atom. The van der Waals surface area contributed by atoms with Gasteiger partial charge in [-0.15, -0.1) is 0 Å². The van der Waals surface area contributed by atoms with Gasteiger partial charge in [-0.25, -0.2) is 4.79 Å². The van der Waals surface area contributed by atoms with Gasteiger partial charge in [0.15, 0.2) is 24.7 Å². The Morgan fingerprint density at radius 3 is 1.90 bits per heavy atom. The van der Waals surface area contributed by atoms with Gasteiger partial charge in [-0.1, -0.05) is 48.9 Å². The molecule has 0 spiro atoms. The van der Waals surface area contributed by atoms with Crippen LogP contribution in [0.2, 0.25) is 0 Å². The molecule has 3 saturated heterocycles. The van der Waals surface area contributed by atoms with Crippen LogP contribution >= 0.6 is 0 Å².